The number of ether oxygens (including phenoxy) is 1. The van der Waals surface area contributed by atoms with Crippen LogP contribution in [0.1, 0.15) is 39.0 Å². The number of likely N-dealkylation sites (tertiary alicyclic amines) is 1. The molecule has 2 aromatic carbocycles. The van der Waals surface area contributed by atoms with Gasteiger partial charge < -0.3 is 15.0 Å². The van der Waals surface area contributed by atoms with E-state index >= 15 is 4.39 Å². The molecule has 222 valence electrons. The van der Waals surface area contributed by atoms with E-state index in [0.717, 1.165) is 49.5 Å². The van der Waals surface area contributed by atoms with Crippen LogP contribution in [0, 0.1) is 5.82 Å². The zero-order valence-electron chi connectivity index (χ0n) is 24.2. The minimum absolute atomic E-state index is 0.0148. The highest BCUT2D eigenvalue weighted by Gasteiger charge is 2.45. The van der Waals surface area contributed by atoms with Gasteiger partial charge in [0.2, 0.25) is 5.91 Å². The van der Waals surface area contributed by atoms with E-state index in [-0.39, 0.29) is 40.8 Å². The number of hydrogen-bond donors (Lipinski definition) is 1. The van der Waals surface area contributed by atoms with Gasteiger partial charge in [0.15, 0.2) is 5.82 Å². The fourth-order valence-electron chi connectivity index (χ4n) is 7.29. The summed E-state index contributed by atoms with van der Waals surface area (Å²) in [5.41, 5.74) is 0.861. The lowest BCUT2D eigenvalue weighted by atomic mass is 9.95. The third-order valence-electron chi connectivity index (χ3n) is 9.59. The maximum Gasteiger partial charge on any atom is 0.319 e. The third-order valence-corrected chi connectivity index (χ3v) is 9.90. The molecule has 2 unspecified atom stereocenters. The van der Waals surface area contributed by atoms with Gasteiger partial charge in [-0.05, 0) is 69.6 Å². The molecule has 43 heavy (non-hydrogen) atoms. The number of rotatable bonds is 7. The molecule has 0 saturated carbocycles. The van der Waals surface area contributed by atoms with Crippen molar-refractivity contribution in [2.24, 2.45) is 0 Å². The van der Waals surface area contributed by atoms with Gasteiger partial charge in [0, 0.05) is 40.8 Å². The number of hydrogen-bond acceptors (Lipinski definition) is 7. The summed E-state index contributed by atoms with van der Waals surface area (Å²) < 4.78 is 22.9. The normalized spacial score (nSPS) is 21.4. The van der Waals surface area contributed by atoms with E-state index in [0.29, 0.717) is 41.4 Å². The quantitative estimate of drug-likeness (QED) is 0.252. The number of anilines is 1. The van der Waals surface area contributed by atoms with Crippen molar-refractivity contribution in [3.8, 4) is 17.3 Å². The number of nitrogens with one attached hydrogen (secondary N) is 1. The Hall–Kier alpha value is -3.82. The van der Waals surface area contributed by atoms with Crippen LogP contribution >= 0.6 is 11.6 Å². The molecule has 4 aromatic rings. The van der Waals surface area contributed by atoms with E-state index < -0.39 is 5.82 Å². The van der Waals surface area contributed by atoms with E-state index in [1.54, 1.807) is 17.2 Å². The lowest BCUT2D eigenvalue weighted by Crippen LogP contribution is -2.43. The summed E-state index contributed by atoms with van der Waals surface area (Å²) in [6.07, 6.45) is 8.08. The lowest BCUT2D eigenvalue weighted by molar-refractivity contribution is -0.126. The number of fused-ring (bicyclic) bond motifs is 3. The number of halogens is 2. The van der Waals surface area contributed by atoms with Crippen LogP contribution in [-0.2, 0) is 4.79 Å². The molecule has 1 amide bonds. The maximum atomic E-state index is 16.6. The van der Waals surface area contributed by atoms with Crippen LogP contribution in [0.3, 0.4) is 0 Å². The molecule has 0 radical (unpaired) electrons. The monoisotopic (exact) mass is 600 g/mol. The van der Waals surface area contributed by atoms with E-state index in [4.69, 9.17) is 21.3 Å². The summed E-state index contributed by atoms with van der Waals surface area (Å²) in [4.78, 5) is 30.6. The maximum absolute atomic E-state index is 16.6. The van der Waals surface area contributed by atoms with E-state index in [1.165, 1.54) is 6.08 Å². The third kappa shape index (κ3) is 4.79. The van der Waals surface area contributed by atoms with Gasteiger partial charge in [-0.15, -0.1) is 0 Å². The van der Waals surface area contributed by atoms with Crippen LogP contribution in [0.2, 0.25) is 5.02 Å². The van der Waals surface area contributed by atoms with Crippen molar-refractivity contribution in [2.75, 3.05) is 31.6 Å². The first-order valence-corrected chi connectivity index (χ1v) is 15.4. The molecule has 3 fully saturated rings. The van der Waals surface area contributed by atoms with Crippen LogP contribution in [0.4, 0.5) is 10.2 Å². The number of benzene rings is 2. The van der Waals surface area contributed by atoms with Crippen LogP contribution in [0.5, 0.6) is 6.01 Å². The summed E-state index contributed by atoms with van der Waals surface area (Å²) in [6, 6.07) is 11.1. The Balaban J connectivity index is 1.31. The van der Waals surface area contributed by atoms with Crippen LogP contribution in [-0.4, -0.2) is 74.5 Å². The molecule has 10 heteroatoms. The van der Waals surface area contributed by atoms with Crippen molar-refractivity contribution in [1.82, 2.24) is 24.8 Å². The molecular weight excluding hydrogens is 567 g/mol. The summed E-state index contributed by atoms with van der Waals surface area (Å²) in [6.45, 7) is 8.82. The predicted octanol–water partition coefficient (Wildman–Crippen LogP) is 6.23. The fourth-order valence-corrected chi connectivity index (χ4v) is 7.57. The molecular formula is C33H34ClFN6O2. The second kappa shape index (κ2) is 11.0. The zero-order chi connectivity index (χ0) is 29.7. The van der Waals surface area contributed by atoms with Gasteiger partial charge in [-0.1, -0.05) is 48.5 Å². The van der Waals surface area contributed by atoms with Gasteiger partial charge in [0.05, 0.1) is 10.9 Å². The zero-order valence-corrected chi connectivity index (χ0v) is 24.9. The van der Waals surface area contributed by atoms with Crippen LogP contribution in [0.25, 0.3) is 32.9 Å². The Bertz CT molecular complexity index is 1730. The first-order valence-electron chi connectivity index (χ1n) is 15.0. The van der Waals surface area contributed by atoms with Gasteiger partial charge in [-0.2, -0.15) is 9.97 Å². The molecule has 3 saturated heterocycles. The average Bonchev–Trinajstić information content (AvgIpc) is 3.71. The largest absolute Gasteiger partial charge is 0.461 e. The number of carbonyl (C=O) groups is 1. The molecule has 8 nitrogen and oxygen atoms in total. The van der Waals surface area contributed by atoms with Crippen molar-refractivity contribution in [1.29, 1.82) is 0 Å². The average molecular weight is 601 g/mol. The highest BCUT2D eigenvalue weighted by atomic mass is 35.5. The van der Waals surface area contributed by atoms with Gasteiger partial charge in [0.25, 0.3) is 0 Å². The van der Waals surface area contributed by atoms with E-state index in [9.17, 15) is 4.79 Å². The Kier molecular flexibility index (Phi) is 7.18. The molecule has 1 N–H and O–H groups in total. The highest BCUT2D eigenvalue weighted by Crippen LogP contribution is 2.40. The smallest absolute Gasteiger partial charge is 0.319 e. The van der Waals surface area contributed by atoms with Gasteiger partial charge in [-0.3, -0.25) is 14.7 Å². The van der Waals surface area contributed by atoms with E-state index in [2.05, 4.69) is 26.8 Å². The highest BCUT2D eigenvalue weighted by molar-refractivity contribution is 6.36. The molecule has 2 atom stereocenters. The lowest BCUT2D eigenvalue weighted by Gasteiger charge is -2.31. The Labute approximate surface area is 254 Å². The van der Waals surface area contributed by atoms with Crippen molar-refractivity contribution in [2.45, 2.75) is 56.7 Å². The standard InChI is InChI=1S/C33H34ClFN6O2/c1-3-26(42)41-17-12-25(20(41)2)37-31-23-18-36-29(22-10-4-8-21-9-5-11-24(34)27(21)22)28(35)30(23)38-32(39-31)43-19-33-13-6-15-40(33)16-7-14-33/h3-5,8-11,18,20,25H,1,6-7,12-17,19H2,2H3,(H,37,38,39). The SMILES string of the molecule is C=CC(=O)N1CCC(Nc2nc(OCC34CCCN3CCC4)nc3c(F)c(-c4cccc5cccc(Cl)c45)ncc23)C1C. The summed E-state index contributed by atoms with van der Waals surface area (Å²) in [5, 5.41) is 6.08. The molecule has 3 aliphatic rings. The van der Waals surface area contributed by atoms with Crippen LogP contribution in [0.15, 0.2) is 55.3 Å². The van der Waals surface area contributed by atoms with Crippen molar-refractivity contribution in [3.05, 3.63) is 66.1 Å². The molecule has 7 rings (SSSR count). The topological polar surface area (TPSA) is 83.5 Å². The Morgan fingerprint density at radius 2 is 1.95 bits per heavy atom. The molecule has 0 spiro atoms. The van der Waals surface area contributed by atoms with Crippen molar-refractivity contribution >= 4 is 45.0 Å². The first-order chi connectivity index (χ1) is 20.9. The molecule has 2 aromatic heterocycles. The Morgan fingerprint density at radius 3 is 2.72 bits per heavy atom. The predicted molar refractivity (Wildman–Crippen MR) is 167 cm³/mol. The molecule has 0 bridgehead atoms. The second-order valence-electron chi connectivity index (χ2n) is 11.9. The molecule has 3 aliphatic heterocycles. The molecule has 0 aliphatic carbocycles. The Morgan fingerprint density at radius 1 is 1.19 bits per heavy atom. The minimum atomic E-state index is -0.565. The minimum Gasteiger partial charge on any atom is -0.461 e. The van der Waals surface area contributed by atoms with Gasteiger partial charge >= 0.3 is 6.01 Å². The number of aromatic nitrogens is 3. The number of amides is 1. The first kappa shape index (κ1) is 28.0. The van der Waals surface area contributed by atoms with Gasteiger partial charge in [0.1, 0.15) is 23.6 Å². The summed E-state index contributed by atoms with van der Waals surface area (Å²) in [5.74, 6) is -0.244. The summed E-state index contributed by atoms with van der Waals surface area (Å²) >= 11 is 6.59. The van der Waals surface area contributed by atoms with E-state index in [1.807, 2.05) is 37.3 Å². The number of carbonyl (C=O) groups excluding carboxylic acids is 1. The number of pyridine rings is 1. The summed E-state index contributed by atoms with van der Waals surface area (Å²) in [7, 11) is 0. The fraction of sp³-hybridized carbons (Fsp3) is 0.394. The number of nitrogens with zero attached hydrogens (tertiary/aromatic N) is 5. The second-order valence-corrected chi connectivity index (χ2v) is 12.3. The van der Waals surface area contributed by atoms with Crippen molar-refractivity contribution < 1.29 is 13.9 Å². The molecule has 5 heterocycles. The van der Waals surface area contributed by atoms with Gasteiger partial charge in [-0.25, -0.2) is 4.39 Å². The van der Waals surface area contributed by atoms with Crippen LogP contribution < -0.4 is 10.1 Å². The van der Waals surface area contributed by atoms with Crippen molar-refractivity contribution in [3.63, 3.8) is 0 Å².